The van der Waals surface area contributed by atoms with E-state index in [1.807, 2.05) is 60.7 Å². The number of hydrogen-bond donors (Lipinski definition) is 1. The second kappa shape index (κ2) is 9.74. The molecule has 1 heterocycles. The van der Waals surface area contributed by atoms with Crippen molar-refractivity contribution in [2.75, 3.05) is 5.75 Å². The quantitative estimate of drug-likeness (QED) is 0.495. The first kappa shape index (κ1) is 21.1. The molecule has 29 heavy (non-hydrogen) atoms. The van der Waals surface area contributed by atoms with Gasteiger partial charge in [-0.1, -0.05) is 60.7 Å². The number of rotatable bonds is 9. The van der Waals surface area contributed by atoms with E-state index < -0.39 is 22.8 Å². The number of carbonyl (C=O) groups excluding carboxylic acids is 2. The number of esters is 1. The van der Waals surface area contributed by atoms with Crippen molar-refractivity contribution in [3.63, 3.8) is 0 Å². The summed E-state index contributed by atoms with van der Waals surface area (Å²) in [6.45, 7) is 0. The summed E-state index contributed by atoms with van der Waals surface area (Å²) >= 11 is 1.31. The fourth-order valence-corrected chi connectivity index (χ4v) is 4.64. The number of benzene rings is 2. The van der Waals surface area contributed by atoms with Crippen molar-refractivity contribution in [2.45, 2.75) is 43.0 Å². The minimum absolute atomic E-state index is 0.0322. The van der Waals surface area contributed by atoms with Gasteiger partial charge in [-0.15, -0.1) is 11.8 Å². The molecule has 1 fully saturated rings. The molecule has 3 rings (SSSR count). The molecule has 0 aromatic heterocycles. The van der Waals surface area contributed by atoms with Crippen molar-refractivity contribution in [3.05, 3.63) is 71.8 Å². The Morgan fingerprint density at radius 1 is 1.07 bits per heavy atom. The molecule has 0 radical (unpaired) electrons. The van der Waals surface area contributed by atoms with Gasteiger partial charge in [0.05, 0.1) is 6.42 Å². The molecule has 2 atom stereocenters. The Labute approximate surface area is 174 Å². The summed E-state index contributed by atoms with van der Waals surface area (Å²) in [5.74, 6) is -0.944. The van der Waals surface area contributed by atoms with Crippen LogP contribution in [0.15, 0.2) is 60.7 Å². The maximum absolute atomic E-state index is 12.9. The molecule has 0 aliphatic carbocycles. The zero-order valence-corrected chi connectivity index (χ0v) is 16.9. The highest BCUT2D eigenvalue weighted by Crippen LogP contribution is 2.41. The van der Waals surface area contributed by atoms with Gasteiger partial charge in [-0.25, -0.2) is 0 Å². The lowest BCUT2D eigenvalue weighted by Gasteiger charge is -2.39. The third kappa shape index (κ3) is 5.48. The van der Waals surface area contributed by atoms with E-state index in [-0.39, 0.29) is 18.6 Å². The Hall–Kier alpha value is -2.60. The summed E-state index contributed by atoms with van der Waals surface area (Å²) in [4.78, 5) is 36.6. The smallest absolute Gasteiger partial charge is 0.327 e. The van der Waals surface area contributed by atoms with Gasteiger partial charge in [-0.05, 0) is 36.1 Å². The van der Waals surface area contributed by atoms with Crippen LogP contribution in [0.5, 0.6) is 0 Å². The molecule has 1 saturated heterocycles. The highest BCUT2D eigenvalue weighted by atomic mass is 32.2. The second-order valence-electron chi connectivity index (χ2n) is 7.16. The Balaban J connectivity index is 1.69. The van der Waals surface area contributed by atoms with Gasteiger partial charge in [0.15, 0.2) is 11.0 Å². The maximum atomic E-state index is 12.9. The molecular weight excluding hydrogens is 388 g/mol. The molecule has 0 bridgehead atoms. The number of aliphatic carboxylic acids is 1. The van der Waals surface area contributed by atoms with E-state index in [4.69, 9.17) is 9.84 Å². The van der Waals surface area contributed by atoms with Gasteiger partial charge in [0.25, 0.3) is 0 Å². The van der Waals surface area contributed by atoms with Crippen LogP contribution in [0.2, 0.25) is 0 Å². The highest BCUT2D eigenvalue weighted by molar-refractivity contribution is 8.01. The van der Waals surface area contributed by atoms with E-state index in [0.717, 1.165) is 17.5 Å². The maximum Gasteiger partial charge on any atom is 0.327 e. The van der Waals surface area contributed by atoms with Gasteiger partial charge in [0.2, 0.25) is 0 Å². The normalized spacial score (nSPS) is 21.6. The summed E-state index contributed by atoms with van der Waals surface area (Å²) in [7, 11) is 0. The van der Waals surface area contributed by atoms with Crippen LogP contribution in [0.25, 0.3) is 0 Å². The molecule has 152 valence electrons. The van der Waals surface area contributed by atoms with Gasteiger partial charge in [-0.3, -0.25) is 14.4 Å². The fraction of sp³-hybridized carbons (Fsp3) is 0.348. The van der Waals surface area contributed by atoms with Crippen LogP contribution < -0.4 is 0 Å². The van der Waals surface area contributed by atoms with Crippen molar-refractivity contribution in [3.8, 4) is 0 Å². The number of aryl methyl sites for hydroxylation is 1. The number of carboxylic acids is 1. The lowest BCUT2D eigenvalue weighted by Crippen LogP contribution is -2.47. The van der Waals surface area contributed by atoms with Crippen molar-refractivity contribution < 1.29 is 24.2 Å². The van der Waals surface area contributed by atoms with Crippen LogP contribution in [-0.2, 0) is 31.1 Å². The van der Waals surface area contributed by atoms with Crippen molar-refractivity contribution in [1.29, 1.82) is 0 Å². The van der Waals surface area contributed by atoms with Gasteiger partial charge >= 0.3 is 11.9 Å². The second-order valence-corrected chi connectivity index (χ2v) is 8.37. The molecule has 1 aliphatic heterocycles. The number of carbonyl (C=O) groups is 3. The first-order valence-corrected chi connectivity index (χ1v) is 10.7. The number of carboxylic acid groups (broad SMARTS) is 1. The summed E-state index contributed by atoms with van der Waals surface area (Å²) < 4.78 is 5.85. The Morgan fingerprint density at radius 2 is 1.72 bits per heavy atom. The van der Waals surface area contributed by atoms with Crippen molar-refractivity contribution in [2.24, 2.45) is 0 Å². The number of hydrogen-bond acceptors (Lipinski definition) is 5. The monoisotopic (exact) mass is 412 g/mol. The molecule has 0 saturated carbocycles. The predicted octanol–water partition coefficient (Wildman–Crippen LogP) is 4.00. The zero-order chi connectivity index (χ0) is 20.7. The minimum Gasteiger partial charge on any atom is -0.481 e. The van der Waals surface area contributed by atoms with Gasteiger partial charge in [-0.2, -0.15) is 0 Å². The van der Waals surface area contributed by atoms with Crippen molar-refractivity contribution >= 4 is 29.5 Å². The van der Waals surface area contributed by atoms with E-state index in [1.54, 1.807) is 0 Å². The number of ether oxygens (including phenoxy) is 1. The number of Topliss-reactive ketones (excluding diaryl/α,β-unsaturated/α-hetero) is 1. The summed E-state index contributed by atoms with van der Waals surface area (Å²) in [5, 5.41) is 8.13. The van der Waals surface area contributed by atoms with E-state index in [9.17, 15) is 14.4 Å². The first-order valence-electron chi connectivity index (χ1n) is 9.69. The van der Waals surface area contributed by atoms with Crippen LogP contribution in [0.4, 0.5) is 0 Å². The van der Waals surface area contributed by atoms with Crippen LogP contribution in [0, 0.1) is 0 Å². The van der Waals surface area contributed by atoms with Crippen LogP contribution in [0.3, 0.4) is 0 Å². The predicted molar refractivity (Wildman–Crippen MR) is 112 cm³/mol. The topological polar surface area (TPSA) is 80.7 Å². The lowest BCUT2D eigenvalue weighted by atomic mass is 9.81. The van der Waals surface area contributed by atoms with E-state index >= 15 is 0 Å². The molecule has 5 nitrogen and oxygen atoms in total. The molecule has 1 aliphatic rings. The van der Waals surface area contributed by atoms with E-state index in [1.165, 1.54) is 11.8 Å². The SMILES string of the molecule is O=C(O)CCCC1(c2ccccc2)CC(=O)C(SCCc2ccccc2)C(=O)O1. The molecular formula is C23H24O5S. The summed E-state index contributed by atoms with van der Waals surface area (Å²) in [6.07, 6.45) is 1.45. The molecule has 2 aromatic rings. The largest absolute Gasteiger partial charge is 0.481 e. The molecule has 1 N–H and O–H groups in total. The average Bonchev–Trinajstić information content (AvgIpc) is 2.71. The Morgan fingerprint density at radius 3 is 2.34 bits per heavy atom. The molecule has 2 unspecified atom stereocenters. The fourth-order valence-electron chi connectivity index (χ4n) is 3.60. The van der Waals surface area contributed by atoms with Crippen molar-refractivity contribution in [1.82, 2.24) is 0 Å². The Kier molecular flexibility index (Phi) is 7.09. The molecule has 6 heteroatoms. The third-order valence-corrected chi connectivity index (χ3v) is 6.28. The molecule has 0 amide bonds. The van der Waals surface area contributed by atoms with Gasteiger partial charge in [0.1, 0.15) is 5.60 Å². The highest BCUT2D eigenvalue weighted by Gasteiger charge is 2.47. The Bertz CT molecular complexity index is 832. The van der Waals surface area contributed by atoms with Gasteiger partial charge in [0, 0.05) is 6.42 Å². The summed E-state index contributed by atoms with van der Waals surface area (Å²) in [6, 6.07) is 19.1. The summed E-state index contributed by atoms with van der Waals surface area (Å²) in [5.41, 5.74) is 0.810. The van der Waals surface area contributed by atoms with Gasteiger partial charge < -0.3 is 9.84 Å². The van der Waals surface area contributed by atoms with E-state index in [0.29, 0.717) is 18.6 Å². The van der Waals surface area contributed by atoms with E-state index in [2.05, 4.69) is 0 Å². The number of ketones is 1. The molecule has 0 spiro atoms. The lowest BCUT2D eigenvalue weighted by molar-refractivity contribution is -0.172. The van der Waals surface area contributed by atoms with Crippen LogP contribution in [-0.4, -0.2) is 33.8 Å². The average molecular weight is 413 g/mol. The molecule has 2 aromatic carbocycles. The number of cyclic esters (lactones) is 1. The van der Waals surface area contributed by atoms with Crippen LogP contribution >= 0.6 is 11.8 Å². The standard InChI is InChI=1S/C23H24O5S/c24-19-16-23(14-7-12-20(25)26,18-10-5-2-6-11-18)28-22(27)21(19)29-15-13-17-8-3-1-4-9-17/h1-6,8-11,21H,7,12-16H2,(H,25,26). The zero-order valence-electron chi connectivity index (χ0n) is 16.1. The third-order valence-electron chi connectivity index (χ3n) is 5.05. The minimum atomic E-state index is -1.08. The first-order chi connectivity index (χ1) is 14.0. The number of thioether (sulfide) groups is 1. The van der Waals surface area contributed by atoms with Crippen LogP contribution in [0.1, 0.15) is 36.8 Å².